The van der Waals surface area contributed by atoms with E-state index in [4.69, 9.17) is 0 Å². The Balaban J connectivity index is 1.97. The molecule has 0 fully saturated rings. The minimum Gasteiger partial charge on any atom is -0.388 e. The van der Waals surface area contributed by atoms with Gasteiger partial charge in [0.2, 0.25) is 10.0 Å². The Morgan fingerprint density at radius 2 is 1.76 bits per heavy atom. The predicted molar refractivity (Wildman–Crippen MR) is 86.1 cm³/mol. The number of sulfonamides is 1. The summed E-state index contributed by atoms with van der Waals surface area (Å²) in [6, 6.07) is 14.8. The molecule has 0 unspecified atom stereocenters. The Kier molecular flexibility index (Phi) is 4.98. The second kappa shape index (κ2) is 6.74. The van der Waals surface area contributed by atoms with Gasteiger partial charge in [0.15, 0.2) is 0 Å². The van der Waals surface area contributed by atoms with Gasteiger partial charge in [-0.3, -0.25) is 0 Å². The van der Waals surface area contributed by atoms with E-state index in [1.165, 1.54) is 5.56 Å². The van der Waals surface area contributed by atoms with Gasteiger partial charge >= 0.3 is 0 Å². The molecular weight excluding hydrogens is 284 g/mol. The van der Waals surface area contributed by atoms with Crippen LogP contribution in [0, 0.1) is 6.92 Å². The van der Waals surface area contributed by atoms with E-state index in [0.29, 0.717) is 13.0 Å². The zero-order valence-corrected chi connectivity index (χ0v) is 13.1. The number of benzene rings is 2. The molecule has 0 amide bonds. The summed E-state index contributed by atoms with van der Waals surface area (Å²) in [5, 5.41) is 2.96. The van der Waals surface area contributed by atoms with Crippen LogP contribution in [0.2, 0.25) is 0 Å². The quantitative estimate of drug-likeness (QED) is 0.862. The van der Waals surface area contributed by atoms with Crippen LogP contribution in [-0.2, 0) is 16.4 Å². The van der Waals surface area contributed by atoms with Crippen LogP contribution in [0.4, 0.5) is 5.69 Å². The van der Waals surface area contributed by atoms with Crippen LogP contribution in [-0.4, -0.2) is 22.0 Å². The van der Waals surface area contributed by atoms with E-state index in [2.05, 4.69) is 16.1 Å². The van der Waals surface area contributed by atoms with Crippen LogP contribution in [0.3, 0.4) is 0 Å². The fourth-order valence-electron chi connectivity index (χ4n) is 2.08. The zero-order valence-electron chi connectivity index (χ0n) is 12.3. The van der Waals surface area contributed by atoms with E-state index in [-0.39, 0.29) is 4.90 Å². The molecule has 0 aliphatic carbocycles. The molecule has 0 aromatic heterocycles. The van der Waals surface area contributed by atoms with Crippen molar-refractivity contribution >= 4 is 15.7 Å². The van der Waals surface area contributed by atoms with Crippen LogP contribution in [0.15, 0.2) is 53.4 Å². The van der Waals surface area contributed by atoms with Crippen molar-refractivity contribution in [1.29, 1.82) is 0 Å². The summed E-state index contributed by atoms with van der Waals surface area (Å²) in [6.45, 7) is 2.41. The fraction of sp³-hybridized carbons (Fsp3) is 0.250. The van der Waals surface area contributed by atoms with E-state index in [1.54, 1.807) is 31.3 Å². The number of hydrogen-bond acceptors (Lipinski definition) is 3. The average molecular weight is 304 g/mol. The largest absolute Gasteiger partial charge is 0.388 e. The first kappa shape index (κ1) is 15.5. The predicted octanol–water partition coefficient (Wildman–Crippen LogP) is 2.56. The standard InChI is InChI=1S/C16H20N2O2S/c1-13-4-3-5-14(12-13)10-11-18-21(19,20)16-8-6-15(17-2)7-9-16/h3-9,12,17-18H,10-11H2,1-2H3. The maximum absolute atomic E-state index is 12.2. The highest BCUT2D eigenvalue weighted by Crippen LogP contribution is 2.13. The van der Waals surface area contributed by atoms with Gasteiger partial charge in [0.25, 0.3) is 0 Å². The smallest absolute Gasteiger partial charge is 0.240 e. The molecule has 2 aromatic carbocycles. The number of aryl methyl sites for hydroxylation is 1. The average Bonchev–Trinajstić information content (AvgIpc) is 2.47. The second-order valence-corrected chi connectivity index (χ2v) is 6.68. The van der Waals surface area contributed by atoms with Crippen molar-refractivity contribution in [2.75, 3.05) is 18.9 Å². The molecule has 0 spiro atoms. The minimum absolute atomic E-state index is 0.283. The number of nitrogens with one attached hydrogen (secondary N) is 2. The van der Waals surface area contributed by atoms with Gasteiger partial charge in [-0.05, 0) is 43.2 Å². The van der Waals surface area contributed by atoms with Crippen LogP contribution in [0.5, 0.6) is 0 Å². The number of rotatable bonds is 6. The molecule has 0 radical (unpaired) electrons. The van der Waals surface area contributed by atoms with Gasteiger partial charge in [-0.2, -0.15) is 0 Å². The lowest BCUT2D eigenvalue weighted by Gasteiger charge is -2.08. The molecule has 2 aromatic rings. The molecule has 4 nitrogen and oxygen atoms in total. The van der Waals surface area contributed by atoms with E-state index in [9.17, 15) is 8.42 Å². The minimum atomic E-state index is -3.44. The lowest BCUT2D eigenvalue weighted by Crippen LogP contribution is -2.26. The van der Waals surface area contributed by atoms with Gasteiger partial charge in [-0.25, -0.2) is 13.1 Å². The summed E-state index contributed by atoms with van der Waals surface area (Å²) in [5.41, 5.74) is 3.19. The van der Waals surface area contributed by atoms with Gasteiger partial charge in [0.05, 0.1) is 4.90 Å². The van der Waals surface area contributed by atoms with Crippen molar-refractivity contribution in [3.05, 3.63) is 59.7 Å². The molecule has 0 bridgehead atoms. The molecule has 5 heteroatoms. The number of hydrogen-bond donors (Lipinski definition) is 2. The van der Waals surface area contributed by atoms with Crippen molar-refractivity contribution in [2.24, 2.45) is 0 Å². The Hall–Kier alpha value is -1.85. The summed E-state index contributed by atoms with van der Waals surface area (Å²) in [5.74, 6) is 0. The third-order valence-corrected chi connectivity index (χ3v) is 4.72. The van der Waals surface area contributed by atoms with Gasteiger partial charge in [-0.15, -0.1) is 0 Å². The number of anilines is 1. The lowest BCUT2D eigenvalue weighted by molar-refractivity contribution is 0.581. The Morgan fingerprint density at radius 3 is 2.38 bits per heavy atom. The molecule has 112 valence electrons. The van der Waals surface area contributed by atoms with Crippen molar-refractivity contribution in [2.45, 2.75) is 18.2 Å². The van der Waals surface area contributed by atoms with Crippen LogP contribution in [0.1, 0.15) is 11.1 Å². The van der Waals surface area contributed by atoms with E-state index in [1.807, 2.05) is 25.1 Å². The highest BCUT2D eigenvalue weighted by atomic mass is 32.2. The molecule has 0 heterocycles. The van der Waals surface area contributed by atoms with Crippen LogP contribution >= 0.6 is 0 Å². The maximum atomic E-state index is 12.2. The Morgan fingerprint density at radius 1 is 1.05 bits per heavy atom. The second-order valence-electron chi connectivity index (χ2n) is 4.91. The van der Waals surface area contributed by atoms with Gasteiger partial charge in [-0.1, -0.05) is 29.8 Å². The third-order valence-electron chi connectivity index (χ3n) is 3.24. The molecular formula is C16H20N2O2S. The summed E-state index contributed by atoms with van der Waals surface area (Å²) in [7, 11) is -1.65. The Labute approximate surface area is 126 Å². The third kappa shape index (κ3) is 4.31. The summed E-state index contributed by atoms with van der Waals surface area (Å²) in [4.78, 5) is 0.283. The summed E-state index contributed by atoms with van der Waals surface area (Å²) in [6.07, 6.45) is 0.676. The van der Waals surface area contributed by atoms with Gasteiger partial charge in [0.1, 0.15) is 0 Å². The van der Waals surface area contributed by atoms with E-state index >= 15 is 0 Å². The zero-order chi connectivity index (χ0) is 15.3. The molecule has 0 saturated carbocycles. The first-order valence-corrected chi connectivity index (χ1v) is 8.32. The normalized spacial score (nSPS) is 11.3. The van der Waals surface area contributed by atoms with Gasteiger partial charge in [0, 0.05) is 19.3 Å². The fourth-order valence-corrected chi connectivity index (χ4v) is 3.11. The lowest BCUT2D eigenvalue weighted by atomic mass is 10.1. The highest BCUT2D eigenvalue weighted by molar-refractivity contribution is 7.89. The van der Waals surface area contributed by atoms with Crippen molar-refractivity contribution in [3.63, 3.8) is 0 Å². The van der Waals surface area contributed by atoms with Crippen LogP contribution < -0.4 is 10.0 Å². The van der Waals surface area contributed by atoms with Crippen molar-refractivity contribution < 1.29 is 8.42 Å². The summed E-state index contributed by atoms with van der Waals surface area (Å²) < 4.78 is 26.9. The van der Waals surface area contributed by atoms with Crippen molar-refractivity contribution in [1.82, 2.24) is 4.72 Å². The highest BCUT2D eigenvalue weighted by Gasteiger charge is 2.12. The molecule has 0 aliphatic heterocycles. The molecule has 0 saturated heterocycles. The van der Waals surface area contributed by atoms with E-state index in [0.717, 1.165) is 11.3 Å². The topological polar surface area (TPSA) is 58.2 Å². The van der Waals surface area contributed by atoms with Crippen LogP contribution in [0.25, 0.3) is 0 Å². The first-order chi connectivity index (χ1) is 10.0. The SMILES string of the molecule is CNc1ccc(S(=O)(=O)NCCc2cccc(C)c2)cc1. The first-order valence-electron chi connectivity index (χ1n) is 6.84. The Bertz CT molecular complexity index is 694. The molecule has 2 rings (SSSR count). The molecule has 0 aliphatic rings. The summed E-state index contributed by atoms with van der Waals surface area (Å²) >= 11 is 0. The molecule has 0 atom stereocenters. The molecule has 2 N–H and O–H groups in total. The van der Waals surface area contributed by atoms with Crippen molar-refractivity contribution in [3.8, 4) is 0 Å². The monoisotopic (exact) mass is 304 g/mol. The van der Waals surface area contributed by atoms with Gasteiger partial charge < -0.3 is 5.32 Å². The molecule has 21 heavy (non-hydrogen) atoms. The maximum Gasteiger partial charge on any atom is 0.240 e. The van der Waals surface area contributed by atoms with E-state index < -0.39 is 10.0 Å².